The molecule has 3 N–H and O–H groups in total. The fourth-order valence-electron chi connectivity index (χ4n) is 1.77. The number of ether oxygens (including phenoxy) is 3. The third-order valence-corrected chi connectivity index (χ3v) is 3.07. The number of nitrogens with zero attached hydrogens (tertiary/aromatic N) is 1. The molecule has 6 nitrogen and oxygen atoms in total. The first-order chi connectivity index (χ1) is 9.69. The number of nitrogens with two attached hydrogens (primary N) is 1. The molecule has 1 aromatic carbocycles. The van der Waals surface area contributed by atoms with Crippen LogP contribution in [0.1, 0.15) is 0 Å². The van der Waals surface area contributed by atoms with E-state index in [1.807, 2.05) is 6.07 Å². The summed E-state index contributed by atoms with van der Waals surface area (Å²) >= 11 is 6.03. The van der Waals surface area contributed by atoms with Crippen LogP contribution in [0.2, 0.25) is 5.02 Å². The first-order valence-corrected chi connectivity index (χ1v) is 6.66. The quantitative estimate of drug-likeness (QED) is 0.650. The molecule has 7 heteroatoms. The van der Waals surface area contributed by atoms with Crippen molar-refractivity contribution in [3.63, 3.8) is 0 Å². The number of rotatable bonds is 4. The summed E-state index contributed by atoms with van der Waals surface area (Å²) in [6.07, 6.45) is -0.0384. The zero-order valence-corrected chi connectivity index (χ0v) is 12.0. The molecule has 0 bridgehead atoms. The van der Waals surface area contributed by atoms with E-state index in [0.717, 1.165) is 5.69 Å². The van der Waals surface area contributed by atoms with Gasteiger partial charge in [-0.1, -0.05) is 11.6 Å². The topological polar surface area (TPSA) is 78.1 Å². The van der Waals surface area contributed by atoms with Gasteiger partial charge < -0.3 is 25.3 Å². The smallest absolute Gasteiger partial charge is 0.193 e. The highest BCUT2D eigenvalue weighted by atomic mass is 35.5. The van der Waals surface area contributed by atoms with Crippen LogP contribution in [0.25, 0.3) is 0 Å². The van der Waals surface area contributed by atoms with Gasteiger partial charge >= 0.3 is 0 Å². The average molecular weight is 300 g/mol. The molecule has 2 rings (SSSR count). The Hall–Kier alpha value is -1.50. The van der Waals surface area contributed by atoms with Crippen molar-refractivity contribution in [3.8, 4) is 5.75 Å². The van der Waals surface area contributed by atoms with E-state index in [9.17, 15) is 0 Å². The number of guanidine groups is 1. The summed E-state index contributed by atoms with van der Waals surface area (Å²) in [4.78, 5) is 4.22. The molecule has 0 amide bonds. The lowest BCUT2D eigenvalue weighted by molar-refractivity contribution is -0.0832. The third-order valence-electron chi connectivity index (χ3n) is 2.77. The maximum atomic E-state index is 6.03. The van der Waals surface area contributed by atoms with Crippen LogP contribution in [-0.2, 0) is 9.47 Å². The van der Waals surface area contributed by atoms with Gasteiger partial charge in [0.25, 0.3) is 0 Å². The lowest BCUT2D eigenvalue weighted by Crippen LogP contribution is -2.32. The second-order valence-corrected chi connectivity index (χ2v) is 4.68. The second-order valence-electron chi connectivity index (χ2n) is 4.27. The minimum atomic E-state index is -0.0384. The third kappa shape index (κ3) is 4.26. The number of nitrogens with one attached hydrogen (secondary N) is 1. The largest absolute Gasteiger partial charge is 0.495 e. The molecule has 0 spiro atoms. The van der Waals surface area contributed by atoms with Crippen molar-refractivity contribution in [3.05, 3.63) is 23.2 Å². The Kier molecular flexibility index (Phi) is 5.46. The highest BCUT2D eigenvalue weighted by Gasteiger charge is 2.13. The minimum absolute atomic E-state index is 0.0384. The Morgan fingerprint density at radius 3 is 3.05 bits per heavy atom. The molecule has 20 heavy (non-hydrogen) atoms. The summed E-state index contributed by atoms with van der Waals surface area (Å²) in [5.74, 6) is 0.917. The van der Waals surface area contributed by atoms with Gasteiger partial charge in [0.15, 0.2) is 5.96 Å². The van der Waals surface area contributed by atoms with Crippen LogP contribution in [0.3, 0.4) is 0 Å². The molecule has 0 saturated carbocycles. The van der Waals surface area contributed by atoms with Gasteiger partial charge in [-0.2, -0.15) is 0 Å². The first-order valence-electron chi connectivity index (χ1n) is 6.29. The zero-order chi connectivity index (χ0) is 14.4. The summed E-state index contributed by atoms with van der Waals surface area (Å²) in [5, 5.41) is 3.47. The number of hydrogen-bond acceptors (Lipinski definition) is 4. The van der Waals surface area contributed by atoms with Crippen LogP contribution in [0.4, 0.5) is 5.69 Å². The van der Waals surface area contributed by atoms with Crippen LogP contribution in [-0.4, -0.2) is 45.5 Å². The molecule has 1 aliphatic rings. The molecular formula is C13H18ClN3O3. The number of methoxy groups -OCH3 is 1. The van der Waals surface area contributed by atoms with E-state index in [-0.39, 0.29) is 6.10 Å². The van der Waals surface area contributed by atoms with Crippen LogP contribution < -0.4 is 15.8 Å². The highest BCUT2D eigenvalue weighted by Crippen LogP contribution is 2.26. The molecule has 110 valence electrons. The molecule has 1 unspecified atom stereocenters. The van der Waals surface area contributed by atoms with Crippen LogP contribution in [0.5, 0.6) is 5.75 Å². The van der Waals surface area contributed by atoms with Crippen molar-refractivity contribution in [1.29, 1.82) is 0 Å². The Bertz CT molecular complexity index is 476. The van der Waals surface area contributed by atoms with Gasteiger partial charge in [-0.3, -0.25) is 4.99 Å². The average Bonchev–Trinajstić information content (AvgIpc) is 2.46. The number of halogens is 1. The normalized spacial score (nSPS) is 19.7. The first kappa shape index (κ1) is 14.9. The van der Waals surface area contributed by atoms with Crippen molar-refractivity contribution >= 4 is 23.2 Å². The maximum Gasteiger partial charge on any atom is 0.193 e. The van der Waals surface area contributed by atoms with E-state index in [0.29, 0.717) is 43.1 Å². The predicted octanol–water partition coefficient (Wildman–Crippen LogP) is 1.49. The molecule has 0 aromatic heterocycles. The van der Waals surface area contributed by atoms with Gasteiger partial charge in [0.2, 0.25) is 0 Å². The van der Waals surface area contributed by atoms with Crippen molar-refractivity contribution in [2.45, 2.75) is 6.10 Å². The van der Waals surface area contributed by atoms with E-state index in [2.05, 4.69) is 10.3 Å². The van der Waals surface area contributed by atoms with E-state index < -0.39 is 0 Å². The number of aliphatic imine (C=N–C) groups is 1. The molecule has 1 aliphatic heterocycles. The minimum Gasteiger partial charge on any atom is -0.495 e. The fraction of sp³-hybridized carbons (Fsp3) is 0.462. The van der Waals surface area contributed by atoms with Gasteiger partial charge in [-0.05, 0) is 18.2 Å². The predicted molar refractivity (Wildman–Crippen MR) is 78.7 cm³/mol. The van der Waals surface area contributed by atoms with Crippen LogP contribution in [0.15, 0.2) is 23.2 Å². The Morgan fingerprint density at radius 2 is 2.40 bits per heavy atom. The molecule has 1 aromatic rings. The Labute approximate surface area is 122 Å². The van der Waals surface area contributed by atoms with E-state index >= 15 is 0 Å². The van der Waals surface area contributed by atoms with Crippen LogP contribution >= 0.6 is 11.6 Å². The second kappa shape index (κ2) is 7.33. The number of anilines is 1. The summed E-state index contributed by atoms with van der Waals surface area (Å²) < 4.78 is 15.8. The van der Waals surface area contributed by atoms with E-state index in [1.54, 1.807) is 19.2 Å². The molecular weight excluding hydrogens is 282 g/mol. The summed E-state index contributed by atoms with van der Waals surface area (Å²) in [6, 6.07) is 5.30. The lowest BCUT2D eigenvalue weighted by atomic mass is 10.3. The monoisotopic (exact) mass is 299 g/mol. The van der Waals surface area contributed by atoms with Gasteiger partial charge in [-0.25, -0.2) is 0 Å². The molecule has 1 fully saturated rings. The fourth-order valence-corrected chi connectivity index (χ4v) is 2.03. The van der Waals surface area contributed by atoms with Crippen molar-refractivity contribution in [2.24, 2.45) is 10.7 Å². The number of benzene rings is 1. The van der Waals surface area contributed by atoms with Gasteiger partial charge in [0.1, 0.15) is 11.9 Å². The molecule has 1 saturated heterocycles. The van der Waals surface area contributed by atoms with Gasteiger partial charge in [-0.15, -0.1) is 0 Å². The summed E-state index contributed by atoms with van der Waals surface area (Å²) in [6.45, 7) is 2.24. The molecule has 1 atom stereocenters. The van der Waals surface area contributed by atoms with Crippen molar-refractivity contribution in [2.75, 3.05) is 38.8 Å². The van der Waals surface area contributed by atoms with Crippen LogP contribution in [0, 0.1) is 0 Å². The van der Waals surface area contributed by atoms with Gasteiger partial charge in [0.05, 0.1) is 38.5 Å². The number of hydrogen-bond donors (Lipinski definition) is 2. The zero-order valence-electron chi connectivity index (χ0n) is 11.3. The Morgan fingerprint density at radius 1 is 1.55 bits per heavy atom. The SMILES string of the molecule is COc1ccc(NC(N)=NCC2COCCO2)cc1Cl. The summed E-state index contributed by atoms with van der Waals surface area (Å²) in [7, 11) is 1.57. The van der Waals surface area contributed by atoms with E-state index in [1.165, 1.54) is 0 Å². The molecule has 1 heterocycles. The lowest BCUT2D eigenvalue weighted by Gasteiger charge is -2.21. The Balaban J connectivity index is 1.89. The van der Waals surface area contributed by atoms with Crippen molar-refractivity contribution in [1.82, 2.24) is 0 Å². The van der Waals surface area contributed by atoms with Crippen molar-refractivity contribution < 1.29 is 14.2 Å². The van der Waals surface area contributed by atoms with Gasteiger partial charge in [0, 0.05) is 5.69 Å². The standard InChI is InChI=1S/C13H18ClN3O3/c1-18-12-3-2-9(6-11(12)14)17-13(15)16-7-10-8-19-4-5-20-10/h2-3,6,10H,4-5,7-8H2,1H3,(H3,15,16,17). The van der Waals surface area contributed by atoms with E-state index in [4.69, 9.17) is 31.5 Å². The maximum absolute atomic E-state index is 6.03. The molecule has 0 aliphatic carbocycles. The molecule has 0 radical (unpaired) electrons. The highest BCUT2D eigenvalue weighted by molar-refractivity contribution is 6.32. The summed E-state index contributed by atoms with van der Waals surface area (Å²) in [5.41, 5.74) is 6.56.